The fraction of sp³-hybridized carbons (Fsp3) is 0.462. The molecule has 0 bridgehead atoms. The quantitative estimate of drug-likeness (QED) is 0.908. The number of carbonyl (C=O) groups is 1. The van der Waals surface area contributed by atoms with Crippen molar-refractivity contribution in [1.29, 1.82) is 0 Å². The molecular weight excluding hydrogens is 268 g/mol. The first-order valence-corrected chi connectivity index (χ1v) is 7.82. The van der Waals surface area contributed by atoms with Crippen LogP contribution in [0.5, 0.6) is 5.75 Å². The van der Waals surface area contributed by atoms with Gasteiger partial charge in [-0.15, -0.1) is 0 Å². The van der Waals surface area contributed by atoms with Crippen molar-refractivity contribution < 1.29 is 23.1 Å². The van der Waals surface area contributed by atoms with Gasteiger partial charge in [0.15, 0.2) is 9.84 Å². The van der Waals surface area contributed by atoms with E-state index >= 15 is 0 Å². The third-order valence-electron chi connectivity index (χ3n) is 3.73. The van der Waals surface area contributed by atoms with Gasteiger partial charge >= 0.3 is 5.97 Å². The predicted octanol–water partition coefficient (Wildman–Crippen LogP) is 1.60. The molecule has 1 aliphatic rings. The third kappa shape index (κ3) is 2.20. The first-order chi connectivity index (χ1) is 8.81. The SMILES string of the molecule is COc1ccc(C2(C(=O)O)CCC2)cc1S(C)(=O)=O. The van der Waals surface area contributed by atoms with Crippen molar-refractivity contribution in [3.8, 4) is 5.75 Å². The molecule has 0 atom stereocenters. The second-order valence-corrected chi connectivity index (χ2v) is 6.86. The number of hydrogen-bond donors (Lipinski definition) is 1. The molecule has 0 saturated heterocycles. The minimum Gasteiger partial charge on any atom is -0.495 e. The maximum Gasteiger partial charge on any atom is 0.314 e. The highest BCUT2D eigenvalue weighted by molar-refractivity contribution is 7.90. The Bertz CT molecular complexity index is 614. The fourth-order valence-corrected chi connectivity index (χ4v) is 3.28. The molecule has 19 heavy (non-hydrogen) atoms. The van der Waals surface area contributed by atoms with Gasteiger partial charge in [0.25, 0.3) is 0 Å². The Morgan fingerprint density at radius 3 is 2.37 bits per heavy atom. The highest BCUT2D eigenvalue weighted by atomic mass is 32.2. The molecule has 1 N–H and O–H groups in total. The standard InChI is InChI=1S/C13H16O5S/c1-18-10-5-4-9(8-11(10)19(2,16)17)13(12(14)15)6-3-7-13/h4-5,8H,3,6-7H2,1-2H3,(H,14,15). The van der Waals surface area contributed by atoms with Crippen LogP contribution in [0.25, 0.3) is 0 Å². The maximum absolute atomic E-state index is 11.7. The molecule has 0 amide bonds. The average molecular weight is 284 g/mol. The van der Waals surface area contributed by atoms with Crippen LogP contribution in [0.3, 0.4) is 0 Å². The van der Waals surface area contributed by atoms with Crippen molar-refractivity contribution >= 4 is 15.8 Å². The molecule has 0 spiro atoms. The Kier molecular flexibility index (Phi) is 3.30. The minimum atomic E-state index is -3.46. The predicted molar refractivity (Wildman–Crippen MR) is 69.3 cm³/mol. The zero-order chi connectivity index (χ0) is 14.3. The number of rotatable bonds is 4. The maximum atomic E-state index is 11.7. The number of methoxy groups -OCH3 is 1. The largest absolute Gasteiger partial charge is 0.495 e. The van der Waals surface area contributed by atoms with Crippen LogP contribution < -0.4 is 4.74 Å². The summed E-state index contributed by atoms with van der Waals surface area (Å²) >= 11 is 0. The van der Waals surface area contributed by atoms with Crippen LogP contribution in [-0.2, 0) is 20.0 Å². The number of benzene rings is 1. The lowest BCUT2D eigenvalue weighted by Gasteiger charge is -2.38. The summed E-state index contributed by atoms with van der Waals surface area (Å²) in [7, 11) is -2.07. The monoisotopic (exact) mass is 284 g/mol. The molecule has 0 radical (unpaired) electrons. The third-order valence-corrected chi connectivity index (χ3v) is 4.85. The number of aliphatic carboxylic acids is 1. The molecule has 2 rings (SSSR count). The van der Waals surface area contributed by atoms with Crippen LogP contribution in [-0.4, -0.2) is 32.9 Å². The smallest absolute Gasteiger partial charge is 0.314 e. The van der Waals surface area contributed by atoms with Gasteiger partial charge in [0.1, 0.15) is 10.6 Å². The van der Waals surface area contributed by atoms with E-state index in [9.17, 15) is 18.3 Å². The molecule has 1 aliphatic carbocycles. The van der Waals surface area contributed by atoms with Crippen LogP contribution in [0.2, 0.25) is 0 Å². The number of hydrogen-bond acceptors (Lipinski definition) is 4. The van der Waals surface area contributed by atoms with Gasteiger partial charge in [-0.2, -0.15) is 0 Å². The molecule has 104 valence electrons. The molecule has 1 aromatic carbocycles. The second-order valence-electron chi connectivity index (χ2n) is 4.88. The van der Waals surface area contributed by atoms with Crippen molar-refractivity contribution in [3.05, 3.63) is 23.8 Å². The molecule has 6 heteroatoms. The van der Waals surface area contributed by atoms with E-state index in [0.717, 1.165) is 12.7 Å². The van der Waals surface area contributed by atoms with Gasteiger partial charge in [-0.3, -0.25) is 4.79 Å². The first kappa shape index (κ1) is 13.9. The van der Waals surface area contributed by atoms with Crippen molar-refractivity contribution in [2.24, 2.45) is 0 Å². The number of sulfone groups is 1. The number of carboxylic acid groups (broad SMARTS) is 1. The lowest BCUT2D eigenvalue weighted by atomic mass is 9.64. The van der Waals surface area contributed by atoms with Crippen LogP contribution in [0.15, 0.2) is 23.1 Å². The first-order valence-electron chi connectivity index (χ1n) is 5.93. The molecule has 1 saturated carbocycles. The van der Waals surface area contributed by atoms with Crippen molar-refractivity contribution in [2.45, 2.75) is 29.6 Å². The summed E-state index contributed by atoms with van der Waals surface area (Å²) in [6.07, 6.45) is 3.01. The summed E-state index contributed by atoms with van der Waals surface area (Å²) in [5.41, 5.74) is -0.404. The van der Waals surface area contributed by atoms with Gasteiger partial charge in [0.05, 0.1) is 12.5 Å². The topological polar surface area (TPSA) is 80.7 Å². The molecule has 0 aliphatic heterocycles. The molecule has 5 nitrogen and oxygen atoms in total. The zero-order valence-corrected chi connectivity index (χ0v) is 11.7. The van der Waals surface area contributed by atoms with Gasteiger partial charge in [0, 0.05) is 6.26 Å². The van der Waals surface area contributed by atoms with Gasteiger partial charge < -0.3 is 9.84 Å². The van der Waals surface area contributed by atoms with E-state index in [-0.39, 0.29) is 10.6 Å². The zero-order valence-electron chi connectivity index (χ0n) is 10.8. The summed E-state index contributed by atoms with van der Waals surface area (Å²) in [6.45, 7) is 0. The van der Waals surface area contributed by atoms with Crippen LogP contribution in [0.4, 0.5) is 0 Å². The number of carboxylic acids is 1. The van der Waals surface area contributed by atoms with Gasteiger partial charge in [-0.05, 0) is 30.5 Å². The highest BCUT2D eigenvalue weighted by Crippen LogP contribution is 2.45. The van der Waals surface area contributed by atoms with E-state index in [1.54, 1.807) is 6.07 Å². The Morgan fingerprint density at radius 1 is 1.37 bits per heavy atom. The van der Waals surface area contributed by atoms with Gasteiger partial charge in [-0.25, -0.2) is 8.42 Å². The van der Waals surface area contributed by atoms with Gasteiger partial charge in [0.2, 0.25) is 0 Å². The molecule has 1 aromatic rings. The Labute approximate surface area is 112 Å². The minimum absolute atomic E-state index is 0.0417. The molecule has 1 fully saturated rings. The van der Waals surface area contributed by atoms with E-state index < -0.39 is 21.2 Å². The molecular formula is C13H16O5S. The summed E-state index contributed by atoms with van der Waals surface area (Å²) in [4.78, 5) is 11.5. The van der Waals surface area contributed by atoms with E-state index in [1.165, 1.54) is 19.2 Å². The van der Waals surface area contributed by atoms with E-state index in [2.05, 4.69) is 0 Å². The second kappa shape index (κ2) is 4.52. The number of ether oxygens (including phenoxy) is 1. The van der Waals surface area contributed by atoms with E-state index in [4.69, 9.17) is 4.74 Å². The normalized spacial score (nSPS) is 17.6. The summed E-state index contributed by atoms with van der Waals surface area (Å²) in [5.74, 6) is -0.658. The Balaban J connectivity index is 2.59. The highest BCUT2D eigenvalue weighted by Gasteiger charge is 2.46. The van der Waals surface area contributed by atoms with E-state index in [0.29, 0.717) is 18.4 Å². The van der Waals surface area contributed by atoms with Crippen LogP contribution in [0, 0.1) is 0 Å². The summed E-state index contributed by atoms with van der Waals surface area (Å²) in [6, 6.07) is 4.59. The van der Waals surface area contributed by atoms with Crippen LogP contribution in [0.1, 0.15) is 24.8 Å². The fourth-order valence-electron chi connectivity index (χ4n) is 2.42. The van der Waals surface area contributed by atoms with Crippen molar-refractivity contribution in [2.75, 3.05) is 13.4 Å². The lowest BCUT2D eigenvalue weighted by molar-refractivity contribution is -0.147. The summed E-state index contributed by atoms with van der Waals surface area (Å²) in [5, 5.41) is 9.38. The Morgan fingerprint density at radius 2 is 2.00 bits per heavy atom. The summed E-state index contributed by atoms with van der Waals surface area (Å²) < 4.78 is 28.5. The molecule has 0 heterocycles. The average Bonchev–Trinajstić information content (AvgIpc) is 2.25. The van der Waals surface area contributed by atoms with Crippen molar-refractivity contribution in [1.82, 2.24) is 0 Å². The Hall–Kier alpha value is -1.56. The van der Waals surface area contributed by atoms with Gasteiger partial charge in [-0.1, -0.05) is 12.5 Å². The molecule has 0 unspecified atom stereocenters. The van der Waals surface area contributed by atoms with Crippen molar-refractivity contribution in [3.63, 3.8) is 0 Å². The van der Waals surface area contributed by atoms with E-state index in [1.807, 2.05) is 0 Å². The van der Waals surface area contributed by atoms with Crippen LogP contribution >= 0.6 is 0 Å². The lowest BCUT2D eigenvalue weighted by Crippen LogP contribution is -2.42. The molecule has 0 aromatic heterocycles.